The first-order valence-electron chi connectivity index (χ1n) is 24.7. The molecule has 2 bridgehead atoms. The Bertz CT molecular complexity index is 1800. The van der Waals surface area contributed by atoms with E-state index in [1.54, 1.807) is 33.3 Å². The third-order valence-electron chi connectivity index (χ3n) is 15.9. The highest BCUT2D eigenvalue weighted by Gasteiger charge is 2.60. The number of rotatable bonds is 11. The van der Waals surface area contributed by atoms with Gasteiger partial charge in [-0.15, -0.1) is 6.58 Å². The molecule has 1 spiro atoms. The van der Waals surface area contributed by atoms with Crippen LogP contribution in [0.1, 0.15) is 107 Å². The van der Waals surface area contributed by atoms with E-state index in [1.165, 1.54) is 0 Å². The van der Waals surface area contributed by atoms with Gasteiger partial charge in [0.2, 0.25) is 0 Å². The highest BCUT2D eigenvalue weighted by atomic mass is 16.7. The van der Waals surface area contributed by atoms with E-state index in [0.717, 1.165) is 18.4 Å². The molecule has 14 heteroatoms. The molecule has 14 nitrogen and oxygen atoms in total. The summed E-state index contributed by atoms with van der Waals surface area (Å²) in [5.74, 6) is -2.07. The molecule has 2 N–H and O–H groups in total. The van der Waals surface area contributed by atoms with Crippen LogP contribution in [0, 0.1) is 23.7 Å². The fourth-order valence-corrected chi connectivity index (χ4v) is 11.9. The number of nitrogens with zero attached hydrogens (tertiary/aromatic N) is 1. The molecule has 0 saturated carbocycles. The number of carbonyl (C=O) groups excluding carboxylic acids is 1. The van der Waals surface area contributed by atoms with E-state index < -0.39 is 72.5 Å². The summed E-state index contributed by atoms with van der Waals surface area (Å²) in [7, 11) is 5.47. The van der Waals surface area contributed by atoms with Crippen LogP contribution in [-0.4, -0.2) is 153 Å². The van der Waals surface area contributed by atoms with Crippen LogP contribution in [0.2, 0.25) is 0 Å². The van der Waals surface area contributed by atoms with Gasteiger partial charge < -0.3 is 57.6 Å². The minimum atomic E-state index is -1.82. The van der Waals surface area contributed by atoms with Crippen LogP contribution in [0.4, 0.5) is 0 Å². The third-order valence-corrected chi connectivity index (χ3v) is 15.9. The zero-order valence-electron chi connectivity index (χ0n) is 41.5. The number of aliphatic hydroxyl groups is 2. The number of likely N-dealkylation sites (N-methyl/N-ethyl adjacent to an activating group) is 1. The number of hydrogen-bond donors (Lipinski definition) is 2. The Labute approximate surface area is 394 Å². The van der Waals surface area contributed by atoms with E-state index in [2.05, 4.69) is 66.1 Å². The Balaban J connectivity index is 1.15. The normalized spacial score (nSPS) is 47.2. The SMILES string of the molecule is C=CCN(C)[C@@H]1[C@H](C)O[C@@H](O[C@H]2[C@H](C)O[C@@H](O[C@@H]3/C(C)=C/CC4CC(CC5(CC[C@H](C)[C@@H](C(C)CC)O5)O4)OC(=O)[C@@H]4C=C(C)[C@@H](O)C5OC/C(=C\C=C\[C@@H]3C)[C@]54O)C[C@@H]2OC)C[C@@H]1OC. The first kappa shape index (κ1) is 51.5. The summed E-state index contributed by atoms with van der Waals surface area (Å²) in [6.07, 6.45) is 10.4. The summed E-state index contributed by atoms with van der Waals surface area (Å²) in [4.78, 5) is 16.6. The molecular weight excluding hydrogens is 847 g/mol. The molecule has 6 heterocycles. The van der Waals surface area contributed by atoms with Gasteiger partial charge in [0, 0.05) is 58.8 Å². The van der Waals surface area contributed by atoms with Crippen molar-refractivity contribution in [3.63, 3.8) is 0 Å². The van der Waals surface area contributed by atoms with Crippen molar-refractivity contribution in [1.82, 2.24) is 4.90 Å². The van der Waals surface area contributed by atoms with Gasteiger partial charge in [-0.25, -0.2) is 0 Å². The lowest BCUT2D eigenvalue weighted by Gasteiger charge is -2.51. The van der Waals surface area contributed by atoms with Crippen molar-refractivity contribution < 1.29 is 62.4 Å². The minimum absolute atomic E-state index is 0.00350. The fourth-order valence-electron chi connectivity index (χ4n) is 11.9. The zero-order valence-corrected chi connectivity index (χ0v) is 41.5. The van der Waals surface area contributed by atoms with Crippen LogP contribution in [0.3, 0.4) is 0 Å². The van der Waals surface area contributed by atoms with Crippen molar-refractivity contribution in [3.8, 4) is 0 Å². The average molecular weight is 928 g/mol. The molecule has 0 radical (unpaired) electrons. The molecule has 0 aromatic carbocycles. The van der Waals surface area contributed by atoms with Gasteiger partial charge >= 0.3 is 5.97 Å². The van der Waals surface area contributed by atoms with E-state index in [1.807, 2.05) is 25.2 Å². The lowest BCUT2D eigenvalue weighted by Crippen LogP contribution is -2.58. The number of fused-ring (bicyclic) bond motifs is 2. The third kappa shape index (κ3) is 10.7. The lowest BCUT2D eigenvalue weighted by molar-refractivity contribution is -0.340. The summed E-state index contributed by atoms with van der Waals surface area (Å²) >= 11 is 0. The molecule has 0 aromatic rings. The molecule has 6 aliphatic heterocycles. The standard InChI is InChI=1S/C52H81NO13/c1-13-22-53(10)44-34(8)60-42(25-40(44)57-11)64-48-35(9)61-43(26-41(48)58-12)63-46-30(4)16-15-17-36-28-59-49-45(54)33(7)23-39(52(36,49)56)50(55)62-38-24-37(19-18-31(46)5)65-51(27-38)21-20-32(6)47(66-51)29(3)14-2/h13,15-18,23,29-30,32,34-35,37-49,54,56H,1,14,19-22,24-28H2,2-12H3/b16-15+,31-18+,36-17+/t29?,30-,32-,34-,35-,37?,38?,39-,40-,41-,42-,43-,44+,45+,46-,47+,48-,49?,51?,52+/m0/s1. The number of carbonyl (C=O) groups is 1. The second-order valence-corrected chi connectivity index (χ2v) is 20.6. The number of ether oxygens (including phenoxy) is 10. The molecule has 1 aliphatic carbocycles. The average Bonchev–Trinajstić information content (AvgIpc) is 3.62. The largest absolute Gasteiger partial charge is 0.462 e. The zero-order chi connectivity index (χ0) is 47.7. The summed E-state index contributed by atoms with van der Waals surface area (Å²) in [5, 5.41) is 23.8. The Kier molecular flexibility index (Phi) is 17.0. The van der Waals surface area contributed by atoms with E-state index in [0.29, 0.717) is 68.1 Å². The van der Waals surface area contributed by atoms with Crippen molar-refractivity contribution >= 4 is 5.97 Å². The number of aliphatic hydroxyl groups excluding tert-OH is 1. The number of esters is 1. The molecule has 5 unspecified atom stereocenters. The first-order valence-corrected chi connectivity index (χ1v) is 24.7. The van der Waals surface area contributed by atoms with Crippen molar-refractivity contribution in [3.05, 3.63) is 59.8 Å². The Morgan fingerprint density at radius 3 is 2.41 bits per heavy atom. The highest BCUT2D eigenvalue weighted by molar-refractivity contribution is 5.78. The number of methoxy groups -OCH3 is 2. The van der Waals surface area contributed by atoms with Crippen LogP contribution < -0.4 is 0 Å². The maximum atomic E-state index is 14.4. The van der Waals surface area contributed by atoms with Crippen LogP contribution in [0.15, 0.2) is 59.8 Å². The quantitative estimate of drug-likeness (QED) is 0.166. The summed E-state index contributed by atoms with van der Waals surface area (Å²) in [5.41, 5.74) is 0.223. The second-order valence-electron chi connectivity index (χ2n) is 20.6. The molecule has 5 fully saturated rings. The predicted octanol–water partition coefficient (Wildman–Crippen LogP) is 6.73. The topological polar surface area (TPSA) is 153 Å². The first-order chi connectivity index (χ1) is 31.4. The van der Waals surface area contributed by atoms with Crippen LogP contribution in [0.25, 0.3) is 0 Å². The van der Waals surface area contributed by atoms with E-state index >= 15 is 0 Å². The predicted molar refractivity (Wildman–Crippen MR) is 248 cm³/mol. The number of allylic oxidation sites excluding steroid dienone is 2. The molecule has 0 amide bonds. The van der Waals surface area contributed by atoms with Gasteiger partial charge in [0.25, 0.3) is 0 Å². The summed E-state index contributed by atoms with van der Waals surface area (Å²) in [6, 6.07) is 0.0453. The van der Waals surface area contributed by atoms with Crippen LogP contribution >= 0.6 is 0 Å². The van der Waals surface area contributed by atoms with Gasteiger partial charge in [-0.05, 0) is 76.1 Å². The van der Waals surface area contributed by atoms with Crippen molar-refractivity contribution in [2.75, 3.05) is 34.4 Å². The molecule has 0 aromatic heterocycles. The molecule has 66 heavy (non-hydrogen) atoms. The molecule has 5 saturated heterocycles. The molecule has 7 aliphatic rings. The second kappa shape index (κ2) is 21.8. The van der Waals surface area contributed by atoms with E-state index in [4.69, 9.17) is 47.4 Å². The molecular formula is C52H81NO13. The summed E-state index contributed by atoms with van der Waals surface area (Å²) < 4.78 is 65.4. The maximum absolute atomic E-state index is 14.4. The summed E-state index contributed by atoms with van der Waals surface area (Å²) in [6.45, 7) is 21.3. The maximum Gasteiger partial charge on any atom is 0.316 e. The smallest absolute Gasteiger partial charge is 0.316 e. The lowest BCUT2D eigenvalue weighted by atomic mass is 9.71. The van der Waals surface area contributed by atoms with Gasteiger partial charge in [0.1, 0.15) is 35.9 Å². The molecule has 20 atom stereocenters. The number of hydrogen-bond acceptors (Lipinski definition) is 14. The van der Waals surface area contributed by atoms with Gasteiger partial charge in [-0.1, -0.05) is 70.6 Å². The van der Waals surface area contributed by atoms with Gasteiger partial charge in [0.05, 0.1) is 55.4 Å². The molecule has 7 rings (SSSR count). The Morgan fingerprint density at radius 1 is 0.985 bits per heavy atom. The van der Waals surface area contributed by atoms with Crippen molar-refractivity contribution in [1.29, 1.82) is 0 Å². The van der Waals surface area contributed by atoms with Gasteiger partial charge in [0.15, 0.2) is 18.4 Å². The van der Waals surface area contributed by atoms with E-state index in [-0.39, 0.29) is 49.1 Å². The molecule has 372 valence electrons. The van der Waals surface area contributed by atoms with Gasteiger partial charge in [-0.3, -0.25) is 9.69 Å². The highest BCUT2D eigenvalue weighted by Crippen LogP contribution is 2.48. The van der Waals surface area contributed by atoms with Gasteiger partial charge in [-0.2, -0.15) is 0 Å². The van der Waals surface area contributed by atoms with E-state index in [9.17, 15) is 15.0 Å². The minimum Gasteiger partial charge on any atom is -0.462 e. The van der Waals surface area contributed by atoms with Crippen LogP contribution in [0.5, 0.6) is 0 Å². The van der Waals surface area contributed by atoms with Crippen molar-refractivity contribution in [2.45, 2.75) is 204 Å². The van der Waals surface area contributed by atoms with Crippen molar-refractivity contribution in [2.24, 2.45) is 23.7 Å². The fraction of sp³-hybridized carbons (Fsp3) is 0.788. The Morgan fingerprint density at radius 2 is 1.70 bits per heavy atom. The Hall–Kier alpha value is -2.31. The van der Waals surface area contributed by atoms with Crippen LogP contribution in [-0.2, 0) is 52.2 Å². The monoisotopic (exact) mass is 928 g/mol.